The number of benzene rings is 1. The number of carbonyl (C=O) groups is 2. The van der Waals surface area contributed by atoms with Crippen LogP contribution in [0.4, 0.5) is 23.7 Å². The molecular weight excluding hydrogens is 477 g/mol. The van der Waals surface area contributed by atoms with Gasteiger partial charge in [-0.25, -0.2) is 26.9 Å². The Hall–Kier alpha value is -3.06. The predicted octanol–water partition coefficient (Wildman–Crippen LogP) is 2.55. The largest absolute Gasteiger partial charge is 0.489 e. The highest BCUT2D eigenvalue weighted by Crippen LogP contribution is 2.38. The topological polar surface area (TPSA) is 102 Å². The summed E-state index contributed by atoms with van der Waals surface area (Å²) in [5, 5.41) is 2.31. The SMILES string of the molecule is CCOC(=O)N1CC2NS(=O)c3cn(C)c(C(=O)Nc4cc(F)c(F)c(F)c4)c3OCC2(C)C1. The Morgan fingerprint density at radius 1 is 1.32 bits per heavy atom. The van der Waals surface area contributed by atoms with Crippen molar-refractivity contribution in [3.8, 4) is 5.75 Å². The van der Waals surface area contributed by atoms with Gasteiger partial charge in [-0.15, -0.1) is 0 Å². The Balaban J connectivity index is 1.61. The molecule has 2 aliphatic heterocycles. The molecule has 13 heteroatoms. The summed E-state index contributed by atoms with van der Waals surface area (Å²) in [4.78, 5) is 26.9. The lowest BCUT2D eigenvalue weighted by Crippen LogP contribution is -2.48. The van der Waals surface area contributed by atoms with Crippen LogP contribution in [-0.4, -0.2) is 58.0 Å². The molecular formula is C21H23F3N4O5S. The zero-order valence-electron chi connectivity index (χ0n) is 18.6. The summed E-state index contributed by atoms with van der Waals surface area (Å²) in [6.45, 7) is 4.40. The van der Waals surface area contributed by atoms with Crippen molar-refractivity contribution in [1.82, 2.24) is 14.2 Å². The highest BCUT2D eigenvalue weighted by Gasteiger charge is 2.48. The number of hydrogen-bond acceptors (Lipinski definition) is 5. The van der Waals surface area contributed by atoms with E-state index in [2.05, 4.69) is 10.0 Å². The lowest BCUT2D eigenvalue weighted by atomic mass is 9.87. The van der Waals surface area contributed by atoms with Crippen LogP contribution in [0.2, 0.25) is 0 Å². The van der Waals surface area contributed by atoms with Gasteiger partial charge in [0.2, 0.25) is 0 Å². The van der Waals surface area contributed by atoms with Crippen LogP contribution in [0.1, 0.15) is 24.3 Å². The molecule has 2 amide bonds. The molecule has 34 heavy (non-hydrogen) atoms. The van der Waals surface area contributed by atoms with E-state index >= 15 is 0 Å². The number of nitrogens with one attached hydrogen (secondary N) is 2. The molecule has 0 bridgehead atoms. The van der Waals surface area contributed by atoms with E-state index in [1.807, 2.05) is 6.92 Å². The number of aromatic nitrogens is 1. The first-order valence-corrected chi connectivity index (χ1v) is 11.6. The van der Waals surface area contributed by atoms with Crippen LogP contribution < -0.4 is 14.8 Å². The van der Waals surface area contributed by atoms with Gasteiger partial charge in [-0.05, 0) is 6.92 Å². The third-order valence-corrected chi connectivity index (χ3v) is 7.07. The summed E-state index contributed by atoms with van der Waals surface area (Å²) >= 11 is 0. The van der Waals surface area contributed by atoms with Gasteiger partial charge in [0.15, 0.2) is 28.9 Å². The van der Waals surface area contributed by atoms with E-state index in [1.165, 1.54) is 22.7 Å². The molecule has 3 atom stereocenters. The summed E-state index contributed by atoms with van der Waals surface area (Å²) in [5.74, 6) is -5.32. The number of ether oxygens (including phenoxy) is 2. The van der Waals surface area contributed by atoms with Crippen molar-refractivity contribution in [2.75, 3.05) is 31.6 Å². The molecule has 0 aliphatic carbocycles. The quantitative estimate of drug-likeness (QED) is 0.631. The minimum Gasteiger partial charge on any atom is -0.489 e. The number of amides is 2. The van der Waals surface area contributed by atoms with Crippen LogP contribution >= 0.6 is 0 Å². The Labute approximate surface area is 195 Å². The molecule has 1 fully saturated rings. The molecule has 1 aromatic carbocycles. The molecule has 3 unspecified atom stereocenters. The number of hydrogen-bond donors (Lipinski definition) is 2. The Morgan fingerprint density at radius 2 is 2.00 bits per heavy atom. The molecule has 9 nitrogen and oxygen atoms in total. The molecule has 3 heterocycles. The van der Waals surface area contributed by atoms with Crippen LogP contribution in [0.15, 0.2) is 23.2 Å². The fourth-order valence-corrected chi connectivity index (χ4v) is 5.41. The normalized spacial score (nSPS) is 23.9. The lowest BCUT2D eigenvalue weighted by molar-refractivity contribution is 0.0994. The molecule has 184 valence electrons. The number of aryl methyl sites for hydroxylation is 1. The average molecular weight is 500 g/mol. The van der Waals surface area contributed by atoms with E-state index in [4.69, 9.17) is 9.47 Å². The second-order valence-corrected chi connectivity index (χ2v) is 9.66. The Bertz CT molecular complexity index is 1170. The Kier molecular flexibility index (Phi) is 6.34. The minimum atomic E-state index is -1.80. The number of carbonyl (C=O) groups excluding carboxylic acids is 2. The maximum absolute atomic E-state index is 13.6. The molecule has 0 spiro atoms. The van der Waals surface area contributed by atoms with Gasteiger partial charge in [0, 0.05) is 55.6 Å². The lowest BCUT2D eigenvalue weighted by Gasteiger charge is -2.32. The van der Waals surface area contributed by atoms with Gasteiger partial charge < -0.3 is 24.3 Å². The van der Waals surface area contributed by atoms with Gasteiger partial charge >= 0.3 is 6.09 Å². The average Bonchev–Trinajstić information content (AvgIpc) is 3.26. The molecule has 0 saturated carbocycles. The van der Waals surface area contributed by atoms with E-state index < -0.39 is 45.9 Å². The first kappa shape index (κ1) is 24.1. The van der Waals surface area contributed by atoms with Gasteiger partial charge in [-0.3, -0.25) is 4.79 Å². The van der Waals surface area contributed by atoms with Crippen LogP contribution in [0.5, 0.6) is 5.75 Å². The van der Waals surface area contributed by atoms with E-state index in [-0.39, 0.29) is 54.4 Å². The van der Waals surface area contributed by atoms with Gasteiger partial charge in [0.1, 0.15) is 15.9 Å². The van der Waals surface area contributed by atoms with Gasteiger partial charge in [-0.1, -0.05) is 6.92 Å². The molecule has 2 aliphatic rings. The molecule has 0 radical (unpaired) electrons. The van der Waals surface area contributed by atoms with Crippen molar-refractivity contribution in [2.24, 2.45) is 12.5 Å². The van der Waals surface area contributed by atoms with Gasteiger partial charge in [0.25, 0.3) is 5.91 Å². The number of rotatable bonds is 3. The number of anilines is 1. The second kappa shape index (κ2) is 8.95. The summed E-state index contributed by atoms with van der Waals surface area (Å²) in [6.07, 6.45) is 0.958. The zero-order valence-corrected chi connectivity index (χ0v) is 19.4. The first-order chi connectivity index (χ1) is 16.0. The van der Waals surface area contributed by atoms with Crippen molar-refractivity contribution in [1.29, 1.82) is 0 Å². The van der Waals surface area contributed by atoms with Crippen LogP contribution in [0.25, 0.3) is 0 Å². The van der Waals surface area contributed by atoms with Crippen molar-refractivity contribution < 1.29 is 36.4 Å². The van der Waals surface area contributed by atoms with Crippen LogP contribution in [0, 0.1) is 22.9 Å². The number of halogens is 3. The predicted molar refractivity (Wildman–Crippen MR) is 115 cm³/mol. The monoisotopic (exact) mass is 500 g/mol. The standard InChI is InChI=1S/C21H23F3N4O5S/c1-4-32-20(30)28-8-15-21(2,9-28)10-33-18-14(34(31)26-15)7-27(3)17(18)19(29)25-11-5-12(22)16(24)13(23)6-11/h5-7,15,26H,4,8-10H2,1-3H3,(H,25,29). The summed E-state index contributed by atoms with van der Waals surface area (Å²) in [6, 6.07) is 0.934. The van der Waals surface area contributed by atoms with Crippen LogP contribution in [0.3, 0.4) is 0 Å². The third kappa shape index (κ3) is 4.25. The van der Waals surface area contributed by atoms with E-state index in [0.717, 1.165) is 0 Å². The maximum Gasteiger partial charge on any atom is 0.409 e. The highest BCUT2D eigenvalue weighted by atomic mass is 32.2. The van der Waals surface area contributed by atoms with Gasteiger partial charge in [0.05, 0.1) is 13.2 Å². The fourth-order valence-electron chi connectivity index (χ4n) is 4.09. The van der Waals surface area contributed by atoms with E-state index in [1.54, 1.807) is 6.92 Å². The molecule has 1 saturated heterocycles. The van der Waals surface area contributed by atoms with Crippen LogP contribution in [-0.2, 0) is 22.8 Å². The smallest absolute Gasteiger partial charge is 0.409 e. The van der Waals surface area contributed by atoms with Crippen molar-refractivity contribution in [3.63, 3.8) is 0 Å². The summed E-state index contributed by atoms with van der Waals surface area (Å²) in [5.41, 5.74) is -0.987. The Morgan fingerprint density at radius 3 is 2.65 bits per heavy atom. The fraction of sp³-hybridized carbons (Fsp3) is 0.429. The highest BCUT2D eigenvalue weighted by molar-refractivity contribution is 7.83. The van der Waals surface area contributed by atoms with Gasteiger partial charge in [-0.2, -0.15) is 0 Å². The number of likely N-dealkylation sites (tertiary alicyclic amines) is 1. The maximum atomic E-state index is 13.6. The van der Waals surface area contributed by atoms with E-state index in [9.17, 15) is 27.0 Å². The first-order valence-electron chi connectivity index (χ1n) is 10.4. The van der Waals surface area contributed by atoms with Crippen molar-refractivity contribution in [3.05, 3.63) is 41.5 Å². The zero-order chi connectivity index (χ0) is 24.8. The number of fused-ring (bicyclic) bond motifs is 2. The van der Waals surface area contributed by atoms with Crippen molar-refractivity contribution in [2.45, 2.75) is 24.8 Å². The number of nitrogens with zero attached hydrogens (tertiary/aromatic N) is 2. The minimum absolute atomic E-state index is 0.0307. The summed E-state index contributed by atoms with van der Waals surface area (Å²) < 4.78 is 68.9. The molecule has 4 rings (SSSR count). The molecule has 1 aromatic heterocycles. The molecule has 2 aromatic rings. The van der Waals surface area contributed by atoms with E-state index in [0.29, 0.717) is 12.1 Å². The molecule has 2 N–H and O–H groups in total. The second-order valence-electron chi connectivity index (χ2n) is 8.45. The van der Waals surface area contributed by atoms with Crippen molar-refractivity contribution >= 4 is 28.7 Å². The summed E-state index contributed by atoms with van der Waals surface area (Å²) in [7, 11) is -0.274. The third-order valence-electron chi connectivity index (χ3n) is 5.88.